The number of aromatic nitrogens is 2. The van der Waals surface area contributed by atoms with E-state index >= 15 is 0 Å². The third-order valence-corrected chi connectivity index (χ3v) is 7.27. The molecule has 1 N–H and O–H groups in total. The number of nitrogens with zero attached hydrogens (tertiary/aromatic N) is 3. The van der Waals surface area contributed by atoms with Gasteiger partial charge in [-0.05, 0) is 37.8 Å². The van der Waals surface area contributed by atoms with Crippen molar-refractivity contribution in [2.75, 3.05) is 43.0 Å². The summed E-state index contributed by atoms with van der Waals surface area (Å²) in [7, 11) is -2.84. The zero-order valence-corrected chi connectivity index (χ0v) is 17.4. The van der Waals surface area contributed by atoms with Gasteiger partial charge < -0.3 is 5.32 Å². The van der Waals surface area contributed by atoms with Crippen molar-refractivity contribution in [3.63, 3.8) is 0 Å². The second-order valence-electron chi connectivity index (χ2n) is 7.46. The topological polar surface area (TPSA) is 75.2 Å². The van der Waals surface area contributed by atoms with E-state index < -0.39 is 9.84 Å². The number of hydrogen-bond donors (Lipinski definition) is 1. The maximum Gasteiger partial charge on any atom is 0.161 e. The number of fused-ring (bicyclic) bond motifs is 1. The molecule has 4 rings (SSSR count). The van der Waals surface area contributed by atoms with E-state index in [0.717, 1.165) is 55.8 Å². The van der Waals surface area contributed by atoms with E-state index in [1.54, 1.807) is 0 Å². The first-order chi connectivity index (χ1) is 13.5. The molecule has 0 radical (unpaired) electrons. The summed E-state index contributed by atoms with van der Waals surface area (Å²) in [5.74, 6) is 2.13. The zero-order chi connectivity index (χ0) is 19.6. The molecule has 1 aliphatic heterocycles. The SMILES string of the molecule is O=S1(=O)CCN(CCNc2nc(-c3cccc(Cl)c3)nc3c2CCCC3)CC1. The van der Waals surface area contributed by atoms with Crippen LogP contribution >= 0.6 is 11.6 Å². The Morgan fingerprint density at radius 2 is 1.89 bits per heavy atom. The summed E-state index contributed by atoms with van der Waals surface area (Å²) in [5.41, 5.74) is 3.27. The lowest BCUT2D eigenvalue weighted by Crippen LogP contribution is -2.42. The van der Waals surface area contributed by atoms with Crippen molar-refractivity contribution >= 4 is 27.3 Å². The largest absolute Gasteiger partial charge is 0.368 e. The van der Waals surface area contributed by atoms with Crippen molar-refractivity contribution in [3.8, 4) is 11.4 Å². The summed E-state index contributed by atoms with van der Waals surface area (Å²) in [6.45, 7) is 2.76. The molecule has 2 aromatic rings. The van der Waals surface area contributed by atoms with Crippen LogP contribution in [0, 0.1) is 0 Å². The van der Waals surface area contributed by atoms with E-state index in [-0.39, 0.29) is 11.5 Å². The smallest absolute Gasteiger partial charge is 0.161 e. The fourth-order valence-electron chi connectivity index (χ4n) is 3.80. The van der Waals surface area contributed by atoms with Crippen molar-refractivity contribution < 1.29 is 8.42 Å². The molecule has 0 bridgehead atoms. The molecule has 0 atom stereocenters. The molecule has 0 saturated carbocycles. The Kier molecular flexibility index (Phi) is 5.85. The molecule has 1 fully saturated rings. The summed E-state index contributed by atoms with van der Waals surface area (Å²) in [6.07, 6.45) is 4.28. The van der Waals surface area contributed by atoms with Crippen LogP contribution < -0.4 is 5.32 Å². The van der Waals surface area contributed by atoms with Crippen LogP contribution in [0.4, 0.5) is 5.82 Å². The lowest BCUT2D eigenvalue weighted by molar-refractivity contribution is 0.307. The van der Waals surface area contributed by atoms with E-state index in [2.05, 4.69) is 10.2 Å². The van der Waals surface area contributed by atoms with Gasteiger partial charge in [0, 0.05) is 48.0 Å². The number of benzene rings is 1. The molecule has 0 spiro atoms. The summed E-state index contributed by atoms with van der Waals surface area (Å²) in [4.78, 5) is 11.8. The third kappa shape index (κ3) is 4.64. The molecule has 28 heavy (non-hydrogen) atoms. The fraction of sp³-hybridized carbons (Fsp3) is 0.500. The number of sulfone groups is 1. The van der Waals surface area contributed by atoms with Gasteiger partial charge in [0.25, 0.3) is 0 Å². The molecule has 150 valence electrons. The molecule has 1 aromatic carbocycles. The van der Waals surface area contributed by atoms with Crippen LogP contribution in [0.1, 0.15) is 24.1 Å². The van der Waals surface area contributed by atoms with Gasteiger partial charge in [-0.25, -0.2) is 18.4 Å². The van der Waals surface area contributed by atoms with Gasteiger partial charge in [0.15, 0.2) is 15.7 Å². The van der Waals surface area contributed by atoms with Gasteiger partial charge in [0.2, 0.25) is 0 Å². The van der Waals surface area contributed by atoms with Crippen LogP contribution in [0.2, 0.25) is 5.02 Å². The maximum atomic E-state index is 11.6. The zero-order valence-electron chi connectivity index (χ0n) is 15.8. The average molecular weight is 421 g/mol. The highest BCUT2D eigenvalue weighted by Gasteiger charge is 2.22. The highest BCUT2D eigenvalue weighted by Crippen LogP contribution is 2.29. The van der Waals surface area contributed by atoms with Crippen LogP contribution in [-0.2, 0) is 22.7 Å². The lowest BCUT2D eigenvalue weighted by atomic mass is 9.96. The first-order valence-corrected chi connectivity index (χ1v) is 12.0. The summed E-state index contributed by atoms with van der Waals surface area (Å²) in [6, 6.07) is 7.64. The minimum atomic E-state index is -2.84. The number of nitrogens with one attached hydrogen (secondary N) is 1. The molecule has 1 aliphatic carbocycles. The Morgan fingerprint density at radius 3 is 2.68 bits per heavy atom. The molecular formula is C20H25ClN4O2S. The Hall–Kier alpha value is -1.70. The van der Waals surface area contributed by atoms with Gasteiger partial charge in [-0.15, -0.1) is 0 Å². The van der Waals surface area contributed by atoms with Crippen molar-refractivity contribution in [2.24, 2.45) is 0 Å². The Morgan fingerprint density at radius 1 is 1.11 bits per heavy atom. The number of halogens is 1. The summed E-state index contributed by atoms with van der Waals surface area (Å²) < 4.78 is 23.2. The van der Waals surface area contributed by atoms with E-state index in [1.165, 1.54) is 5.56 Å². The van der Waals surface area contributed by atoms with Crippen molar-refractivity contribution in [3.05, 3.63) is 40.5 Å². The van der Waals surface area contributed by atoms with E-state index in [4.69, 9.17) is 21.6 Å². The molecule has 2 aliphatic rings. The van der Waals surface area contributed by atoms with E-state index in [0.29, 0.717) is 23.9 Å². The van der Waals surface area contributed by atoms with Crippen molar-refractivity contribution in [1.82, 2.24) is 14.9 Å². The normalized spacial score (nSPS) is 19.2. The molecule has 1 aromatic heterocycles. The van der Waals surface area contributed by atoms with Gasteiger partial charge in [-0.3, -0.25) is 4.90 Å². The van der Waals surface area contributed by atoms with Gasteiger partial charge in [-0.1, -0.05) is 23.7 Å². The molecule has 1 saturated heterocycles. The third-order valence-electron chi connectivity index (χ3n) is 5.42. The van der Waals surface area contributed by atoms with Crippen LogP contribution in [0.3, 0.4) is 0 Å². The highest BCUT2D eigenvalue weighted by molar-refractivity contribution is 7.91. The van der Waals surface area contributed by atoms with Gasteiger partial charge in [0.1, 0.15) is 5.82 Å². The number of anilines is 1. The second-order valence-corrected chi connectivity index (χ2v) is 10.2. The van der Waals surface area contributed by atoms with E-state index in [1.807, 2.05) is 24.3 Å². The maximum absolute atomic E-state index is 11.6. The van der Waals surface area contributed by atoms with Gasteiger partial charge in [-0.2, -0.15) is 0 Å². The monoisotopic (exact) mass is 420 g/mol. The molecule has 0 unspecified atom stereocenters. The first kappa shape index (κ1) is 19.6. The molecule has 6 nitrogen and oxygen atoms in total. The first-order valence-electron chi connectivity index (χ1n) is 9.82. The predicted octanol–water partition coefficient (Wildman–Crippen LogP) is 2.82. The van der Waals surface area contributed by atoms with Gasteiger partial charge in [0.05, 0.1) is 11.5 Å². The fourth-order valence-corrected chi connectivity index (χ4v) is 5.27. The van der Waals surface area contributed by atoms with Crippen molar-refractivity contribution in [2.45, 2.75) is 25.7 Å². The quantitative estimate of drug-likeness (QED) is 0.801. The molecule has 0 amide bonds. The Balaban J connectivity index is 1.50. The van der Waals surface area contributed by atoms with Crippen LogP contribution in [0.15, 0.2) is 24.3 Å². The standard InChI is InChI=1S/C20H25ClN4O2S/c21-16-5-3-4-15(14-16)19-23-18-7-2-1-6-17(18)20(24-19)22-8-9-25-10-12-28(26,27)13-11-25/h3-5,14H,1-2,6-13H2,(H,22,23,24). The highest BCUT2D eigenvalue weighted by atomic mass is 35.5. The van der Waals surface area contributed by atoms with Crippen molar-refractivity contribution in [1.29, 1.82) is 0 Å². The summed E-state index contributed by atoms with van der Waals surface area (Å²) in [5, 5.41) is 4.16. The number of rotatable bonds is 5. The minimum Gasteiger partial charge on any atom is -0.368 e. The lowest BCUT2D eigenvalue weighted by Gasteiger charge is -2.27. The molecule has 8 heteroatoms. The van der Waals surface area contributed by atoms with Gasteiger partial charge >= 0.3 is 0 Å². The van der Waals surface area contributed by atoms with Crippen LogP contribution in [0.5, 0.6) is 0 Å². The second kappa shape index (κ2) is 8.35. The average Bonchev–Trinajstić information content (AvgIpc) is 2.69. The van der Waals surface area contributed by atoms with E-state index in [9.17, 15) is 8.42 Å². The predicted molar refractivity (Wildman–Crippen MR) is 113 cm³/mol. The Labute approximate surface area is 171 Å². The molecular weight excluding hydrogens is 396 g/mol. The minimum absolute atomic E-state index is 0.259. The number of hydrogen-bond acceptors (Lipinski definition) is 6. The van der Waals surface area contributed by atoms with Crippen LogP contribution in [0.25, 0.3) is 11.4 Å². The summed E-state index contributed by atoms with van der Waals surface area (Å²) >= 11 is 6.15. The molecule has 2 heterocycles. The Bertz CT molecular complexity index is 951. The number of aryl methyl sites for hydroxylation is 1. The van der Waals surface area contributed by atoms with Crippen LogP contribution in [-0.4, -0.2) is 61.0 Å².